The molecule has 1 atom stereocenters. The van der Waals surface area contributed by atoms with Gasteiger partial charge >= 0.3 is 0 Å². The van der Waals surface area contributed by atoms with Crippen molar-refractivity contribution in [1.82, 2.24) is 4.90 Å². The van der Waals surface area contributed by atoms with Crippen molar-refractivity contribution >= 4 is 11.6 Å². The third-order valence-corrected chi connectivity index (χ3v) is 4.26. The van der Waals surface area contributed by atoms with Gasteiger partial charge in [-0.05, 0) is 50.5 Å². The first-order valence-corrected chi connectivity index (χ1v) is 7.37. The third-order valence-electron chi connectivity index (χ3n) is 4.00. The van der Waals surface area contributed by atoms with E-state index in [-0.39, 0.29) is 0 Å². The maximum Gasteiger partial charge on any atom is 0.0406 e. The molecule has 0 N–H and O–H groups in total. The summed E-state index contributed by atoms with van der Waals surface area (Å²) in [7, 11) is 0. The van der Waals surface area contributed by atoms with Crippen LogP contribution >= 0.6 is 11.6 Å². The van der Waals surface area contributed by atoms with Crippen molar-refractivity contribution in [2.24, 2.45) is 0 Å². The molecule has 0 amide bonds. The fourth-order valence-corrected chi connectivity index (χ4v) is 3.15. The minimum Gasteiger partial charge on any atom is -0.350 e. The molecule has 0 aliphatic carbocycles. The summed E-state index contributed by atoms with van der Waals surface area (Å²) in [6, 6.07) is 8.24. The average Bonchev–Trinajstić information content (AvgIpc) is 2.39. The number of nitrogens with zero attached hydrogens (tertiary/aromatic N) is 1. The molecule has 2 rings (SSSR count). The molecule has 1 heterocycles. The van der Waals surface area contributed by atoms with Crippen LogP contribution in [-0.4, -0.2) is 11.4 Å². The minimum atomic E-state index is 0.394. The number of hydrogen-bond acceptors (Lipinski definition) is 1. The summed E-state index contributed by atoms with van der Waals surface area (Å²) < 4.78 is 0. The molecule has 0 spiro atoms. The van der Waals surface area contributed by atoms with E-state index in [2.05, 4.69) is 50.8 Å². The predicted molar refractivity (Wildman–Crippen MR) is 83.3 cm³/mol. The van der Waals surface area contributed by atoms with Gasteiger partial charge in [-0.15, -0.1) is 0 Å². The van der Waals surface area contributed by atoms with Crippen LogP contribution in [0.2, 0.25) is 5.02 Å². The van der Waals surface area contributed by atoms with Crippen molar-refractivity contribution in [3.8, 4) is 0 Å². The monoisotopic (exact) mass is 275 g/mol. The second-order valence-electron chi connectivity index (χ2n) is 5.05. The highest BCUT2D eigenvalue weighted by molar-refractivity contribution is 6.30. The summed E-state index contributed by atoms with van der Waals surface area (Å²) in [5, 5.41) is 0.800. The van der Waals surface area contributed by atoms with E-state index in [1.54, 1.807) is 0 Å². The van der Waals surface area contributed by atoms with Crippen LogP contribution < -0.4 is 0 Å². The number of hydrogen-bond donors (Lipinski definition) is 0. The molecule has 1 nitrogen and oxygen atoms in total. The Bertz CT molecular complexity index is 511. The maximum absolute atomic E-state index is 5.99. The number of allylic oxidation sites excluding steroid dienone is 4. The Morgan fingerprint density at radius 1 is 1.11 bits per heavy atom. The Morgan fingerprint density at radius 2 is 1.74 bits per heavy atom. The molecule has 0 aromatic heterocycles. The van der Waals surface area contributed by atoms with Gasteiger partial charge in [0.15, 0.2) is 0 Å². The first kappa shape index (κ1) is 14.2. The van der Waals surface area contributed by atoms with Crippen molar-refractivity contribution in [2.75, 3.05) is 6.54 Å². The van der Waals surface area contributed by atoms with Gasteiger partial charge in [-0.2, -0.15) is 0 Å². The van der Waals surface area contributed by atoms with E-state index < -0.39 is 0 Å². The predicted octanol–water partition coefficient (Wildman–Crippen LogP) is 5.35. The molecular weight excluding hydrogens is 254 g/mol. The lowest BCUT2D eigenvalue weighted by Crippen LogP contribution is -2.26. The Labute approximate surface area is 121 Å². The van der Waals surface area contributed by atoms with Gasteiger partial charge in [-0.3, -0.25) is 0 Å². The standard InChI is InChI=1S/C17H22ClN/c1-5-16-13(4)19(6-2)12(3)11-17(16)14-7-9-15(18)10-8-14/h7-11,17H,5-6H2,1-4H3. The van der Waals surface area contributed by atoms with Gasteiger partial charge in [0.05, 0.1) is 0 Å². The van der Waals surface area contributed by atoms with Crippen LogP contribution in [0.25, 0.3) is 0 Å². The van der Waals surface area contributed by atoms with Gasteiger partial charge in [0.25, 0.3) is 0 Å². The zero-order valence-corrected chi connectivity index (χ0v) is 13.0. The average molecular weight is 276 g/mol. The lowest BCUT2D eigenvalue weighted by atomic mass is 9.85. The van der Waals surface area contributed by atoms with Crippen molar-refractivity contribution < 1.29 is 0 Å². The molecule has 1 aliphatic rings. The Hall–Kier alpha value is -1.21. The van der Waals surface area contributed by atoms with E-state index in [9.17, 15) is 0 Å². The van der Waals surface area contributed by atoms with Crippen LogP contribution in [0.1, 0.15) is 45.6 Å². The van der Waals surface area contributed by atoms with Crippen LogP contribution in [0.4, 0.5) is 0 Å². The molecule has 0 radical (unpaired) electrons. The molecule has 0 saturated carbocycles. The number of rotatable bonds is 3. The summed E-state index contributed by atoms with van der Waals surface area (Å²) in [6.45, 7) is 9.91. The van der Waals surface area contributed by atoms with Gasteiger partial charge in [-0.1, -0.05) is 36.7 Å². The van der Waals surface area contributed by atoms with E-state index in [1.165, 1.54) is 22.5 Å². The smallest absolute Gasteiger partial charge is 0.0406 e. The highest BCUT2D eigenvalue weighted by atomic mass is 35.5. The SMILES string of the molecule is CCC1=C(C)N(CC)C(C)=CC1c1ccc(Cl)cc1. The van der Waals surface area contributed by atoms with E-state index >= 15 is 0 Å². The van der Waals surface area contributed by atoms with Crippen molar-refractivity contribution in [2.45, 2.75) is 40.0 Å². The van der Waals surface area contributed by atoms with Gasteiger partial charge < -0.3 is 4.90 Å². The number of halogens is 1. The van der Waals surface area contributed by atoms with E-state index in [0.717, 1.165) is 18.0 Å². The fourth-order valence-electron chi connectivity index (χ4n) is 3.02. The van der Waals surface area contributed by atoms with Crippen molar-refractivity contribution in [1.29, 1.82) is 0 Å². The van der Waals surface area contributed by atoms with E-state index in [4.69, 9.17) is 11.6 Å². The van der Waals surface area contributed by atoms with Crippen LogP contribution in [0.5, 0.6) is 0 Å². The zero-order chi connectivity index (χ0) is 14.0. The van der Waals surface area contributed by atoms with Crippen molar-refractivity contribution in [3.63, 3.8) is 0 Å². The fraction of sp³-hybridized carbons (Fsp3) is 0.412. The molecule has 0 saturated heterocycles. The van der Waals surface area contributed by atoms with Crippen LogP contribution in [-0.2, 0) is 0 Å². The Balaban J connectivity index is 2.45. The molecule has 102 valence electrons. The lowest BCUT2D eigenvalue weighted by Gasteiger charge is -2.35. The van der Waals surface area contributed by atoms with Crippen LogP contribution in [0.15, 0.2) is 47.3 Å². The van der Waals surface area contributed by atoms with Gasteiger partial charge in [-0.25, -0.2) is 0 Å². The molecule has 0 fully saturated rings. The summed E-state index contributed by atoms with van der Waals surface area (Å²) in [6.07, 6.45) is 3.46. The highest BCUT2D eigenvalue weighted by Gasteiger charge is 2.23. The maximum atomic E-state index is 5.99. The van der Waals surface area contributed by atoms with E-state index in [0.29, 0.717) is 5.92 Å². The first-order valence-electron chi connectivity index (χ1n) is 6.99. The minimum absolute atomic E-state index is 0.394. The molecule has 1 aromatic carbocycles. The lowest BCUT2D eigenvalue weighted by molar-refractivity contribution is 0.427. The molecule has 0 bridgehead atoms. The van der Waals surface area contributed by atoms with Crippen molar-refractivity contribution in [3.05, 3.63) is 57.9 Å². The van der Waals surface area contributed by atoms with E-state index in [1.807, 2.05) is 12.1 Å². The molecule has 1 aliphatic heterocycles. The highest BCUT2D eigenvalue weighted by Crippen LogP contribution is 2.37. The van der Waals surface area contributed by atoms with Crippen LogP contribution in [0, 0.1) is 0 Å². The third kappa shape index (κ3) is 2.71. The molecule has 1 unspecified atom stereocenters. The summed E-state index contributed by atoms with van der Waals surface area (Å²) >= 11 is 5.99. The van der Waals surface area contributed by atoms with Crippen LogP contribution in [0.3, 0.4) is 0 Å². The molecular formula is C17H22ClN. The second-order valence-corrected chi connectivity index (χ2v) is 5.48. The number of benzene rings is 1. The van der Waals surface area contributed by atoms with Gasteiger partial charge in [0.2, 0.25) is 0 Å². The first-order chi connectivity index (χ1) is 9.08. The van der Waals surface area contributed by atoms with Gasteiger partial charge in [0.1, 0.15) is 0 Å². The molecule has 2 heteroatoms. The summed E-state index contributed by atoms with van der Waals surface area (Å²) in [5.74, 6) is 0.394. The Morgan fingerprint density at radius 3 is 2.26 bits per heavy atom. The second kappa shape index (κ2) is 5.83. The molecule has 1 aromatic rings. The summed E-state index contributed by atoms with van der Waals surface area (Å²) in [4.78, 5) is 2.39. The zero-order valence-electron chi connectivity index (χ0n) is 12.2. The summed E-state index contributed by atoms with van der Waals surface area (Å²) in [5.41, 5.74) is 5.59. The largest absolute Gasteiger partial charge is 0.350 e. The van der Waals surface area contributed by atoms with Gasteiger partial charge in [0, 0.05) is 28.9 Å². The Kier molecular flexibility index (Phi) is 4.36. The molecule has 19 heavy (non-hydrogen) atoms. The quantitative estimate of drug-likeness (QED) is 0.719. The normalized spacial score (nSPS) is 19.7. The topological polar surface area (TPSA) is 3.24 Å².